The molecule has 2 nitrogen and oxygen atoms in total. The maximum Gasteiger partial charge on any atom is 0.0564 e. The maximum absolute atomic E-state index is 9.59. The Morgan fingerprint density at radius 1 is 0.800 bits per heavy atom. The second-order valence-corrected chi connectivity index (χ2v) is 4.51. The van der Waals surface area contributed by atoms with Crippen molar-refractivity contribution in [3.05, 3.63) is 0 Å². The van der Waals surface area contributed by atoms with E-state index in [0.29, 0.717) is 6.42 Å². The van der Waals surface area contributed by atoms with Crippen molar-refractivity contribution in [1.82, 2.24) is 0 Å². The van der Waals surface area contributed by atoms with E-state index in [0.717, 1.165) is 19.3 Å². The van der Waals surface area contributed by atoms with Crippen LogP contribution in [0.3, 0.4) is 0 Å². The number of aliphatic hydroxyl groups excluding tert-OH is 2. The lowest BCUT2D eigenvalue weighted by Crippen LogP contribution is -2.16. The summed E-state index contributed by atoms with van der Waals surface area (Å²) >= 11 is 0. The Kier molecular flexibility index (Phi) is 10.4. The molecular weight excluding hydrogens is 188 g/mol. The van der Waals surface area contributed by atoms with Crippen LogP contribution in [-0.2, 0) is 0 Å². The number of hydrogen-bond donors (Lipinski definition) is 2. The Morgan fingerprint density at radius 3 is 2.00 bits per heavy atom. The van der Waals surface area contributed by atoms with Crippen LogP contribution >= 0.6 is 0 Å². The van der Waals surface area contributed by atoms with E-state index in [1.807, 2.05) is 6.92 Å². The Bertz CT molecular complexity index is 126. The lowest BCUT2D eigenvalue weighted by Gasteiger charge is -2.13. The number of unbranched alkanes of at least 4 members (excludes halogenated alkanes) is 5. The van der Waals surface area contributed by atoms with Gasteiger partial charge in [-0.3, -0.25) is 0 Å². The van der Waals surface area contributed by atoms with Crippen molar-refractivity contribution in [2.45, 2.75) is 83.8 Å². The molecule has 2 N–H and O–H groups in total. The van der Waals surface area contributed by atoms with Crippen LogP contribution in [0.2, 0.25) is 0 Å². The first-order valence-electron chi connectivity index (χ1n) is 6.56. The van der Waals surface area contributed by atoms with Crippen molar-refractivity contribution < 1.29 is 10.2 Å². The van der Waals surface area contributed by atoms with Crippen LogP contribution in [0.5, 0.6) is 0 Å². The molecule has 0 heterocycles. The summed E-state index contributed by atoms with van der Waals surface area (Å²) in [5.74, 6) is 0. The Labute approximate surface area is 94.7 Å². The van der Waals surface area contributed by atoms with Crippen LogP contribution in [0.4, 0.5) is 0 Å². The molecule has 0 bridgehead atoms. The smallest absolute Gasteiger partial charge is 0.0564 e. The lowest BCUT2D eigenvalue weighted by molar-refractivity contribution is 0.0721. The van der Waals surface area contributed by atoms with Crippen molar-refractivity contribution in [3.8, 4) is 0 Å². The van der Waals surface area contributed by atoms with Crippen molar-refractivity contribution >= 4 is 0 Å². The fourth-order valence-electron chi connectivity index (χ4n) is 1.76. The first-order chi connectivity index (χ1) is 7.20. The van der Waals surface area contributed by atoms with Gasteiger partial charge in [0.1, 0.15) is 0 Å². The van der Waals surface area contributed by atoms with Crippen molar-refractivity contribution in [3.63, 3.8) is 0 Å². The molecule has 0 fully saturated rings. The first kappa shape index (κ1) is 14.9. The zero-order valence-electron chi connectivity index (χ0n) is 10.4. The van der Waals surface area contributed by atoms with Crippen molar-refractivity contribution in [2.24, 2.45) is 0 Å². The fraction of sp³-hybridized carbons (Fsp3) is 1.00. The van der Waals surface area contributed by atoms with E-state index in [9.17, 15) is 10.2 Å². The first-order valence-corrected chi connectivity index (χ1v) is 6.56. The van der Waals surface area contributed by atoms with Gasteiger partial charge in [-0.25, -0.2) is 0 Å². The van der Waals surface area contributed by atoms with Crippen LogP contribution in [0.15, 0.2) is 0 Å². The minimum atomic E-state index is -0.319. The molecule has 2 atom stereocenters. The van der Waals surface area contributed by atoms with Gasteiger partial charge in [0, 0.05) is 0 Å². The maximum atomic E-state index is 9.59. The quantitative estimate of drug-likeness (QED) is 0.550. The lowest BCUT2D eigenvalue weighted by atomic mass is 10.0. The highest BCUT2D eigenvalue weighted by Crippen LogP contribution is 2.12. The van der Waals surface area contributed by atoms with E-state index in [1.165, 1.54) is 32.1 Å². The average Bonchev–Trinajstić information content (AvgIpc) is 2.23. The molecule has 0 spiro atoms. The third kappa shape index (κ3) is 10.2. The van der Waals surface area contributed by atoms with Gasteiger partial charge in [-0.1, -0.05) is 52.4 Å². The minimum absolute atomic E-state index is 0.300. The molecule has 0 aliphatic rings. The summed E-state index contributed by atoms with van der Waals surface area (Å²) in [6.45, 7) is 4.16. The van der Waals surface area contributed by atoms with E-state index in [2.05, 4.69) is 6.92 Å². The molecule has 0 aliphatic carbocycles. The molecule has 0 aliphatic heterocycles. The summed E-state index contributed by atoms with van der Waals surface area (Å²) in [6.07, 6.45) is 9.07. The van der Waals surface area contributed by atoms with Crippen molar-refractivity contribution in [2.75, 3.05) is 0 Å². The summed E-state index contributed by atoms with van der Waals surface area (Å²) in [4.78, 5) is 0. The van der Waals surface area contributed by atoms with Crippen LogP contribution in [-0.4, -0.2) is 22.4 Å². The van der Waals surface area contributed by atoms with Gasteiger partial charge in [-0.2, -0.15) is 0 Å². The third-order valence-electron chi connectivity index (χ3n) is 2.91. The van der Waals surface area contributed by atoms with Gasteiger partial charge in [0.05, 0.1) is 12.2 Å². The molecule has 0 aromatic rings. The normalized spacial score (nSPS) is 15.2. The molecule has 2 unspecified atom stereocenters. The topological polar surface area (TPSA) is 40.5 Å². The van der Waals surface area contributed by atoms with Crippen LogP contribution in [0.1, 0.15) is 71.6 Å². The predicted octanol–water partition coefficient (Wildman–Crippen LogP) is 3.26. The van der Waals surface area contributed by atoms with Gasteiger partial charge in [0.15, 0.2) is 0 Å². The van der Waals surface area contributed by atoms with E-state index in [1.54, 1.807) is 0 Å². The molecule has 0 saturated carbocycles. The number of aliphatic hydroxyl groups is 2. The molecular formula is C13H28O2. The highest BCUT2D eigenvalue weighted by molar-refractivity contribution is 4.62. The molecule has 0 aromatic carbocycles. The average molecular weight is 216 g/mol. The zero-order chi connectivity index (χ0) is 11.5. The fourth-order valence-corrected chi connectivity index (χ4v) is 1.76. The summed E-state index contributed by atoms with van der Waals surface area (Å²) in [6, 6.07) is 0. The van der Waals surface area contributed by atoms with Crippen LogP contribution < -0.4 is 0 Å². The second kappa shape index (κ2) is 10.4. The molecule has 0 aromatic heterocycles. The molecule has 0 rings (SSSR count). The Morgan fingerprint density at radius 2 is 1.40 bits per heavy atom. The molecule has 92 valence electrons. The second-order valence-electron chi connectivity index (χ2n) is 4.51. The molecule has 2 heteroatoms. The molecule has 15 heavy (non-hydrogen) atoms. The largest absolute Gasteiger partial charge is 0.393 e. The highest BCUT2D eigenvalue weighted by Gasteiger charge is 2.09. The standard InChI is InChI=1S/C13H28O2/c1-3-5-6-7-8-9-10-13(15)11-12(14)4-2/h12-15H,3-11H2,1-2H3. The van der Waals surface area contributed by atoms with Gasteiger partial charge in [-0.05, 0) is 19.3 Å². The van der Waals surface area contributed by atoms with E-state index < -0.39 is 0 Å². The third-order valence-corrected chi connectivity index (χ3v) is 2.91. The number of hydrogen-bond acceptors (Lipinski definition) is 2. The van der Waals surface area contributed by atoms with E-state index >= 15 is 0 Å². The van der Waals surface area contributed by atoms with Gasteiger partial charge in [0.25, 0.3) is 0 Å². The Hall–Kier alpha value is -0.0800. The SMILES string of the molecule is CCCCCCCCC(O)CC(O)CC. The van der Waals surface area contributed by atoms with E-state index in [-0.39, 0.29) is 12.2 Å². The summed E-state index contributed by atoms with van der Waals surface area (Å²) in [5.41, 5.74) is 0. The van der Waals surface area contributed by atoms with Crippen LogP contribution in [0, 0.1) is 0 Å². The summed E-state index contributed by atoms with van der Waals surface area (Å²) in [5, 5.41) is 18.9. The number of rotatable bonds is 10. The predicted molar refractivity (Wildman–Crippen MR) is 64.9 cm³/mol. The summed E-state index contributed by atoms with van der Waals surface area (Å²) in [7, 11) is 0. The van der Waals surface area contributed by atoms with Gasteiger partial charge < -0.3 is 10.2 Å². The molecule has 0 saturated heterocycles. The van der Waals surface area contributed by atoms with Crippen LogP contribution in [0.25, 0.3) is 0 Å². The van der Waals surface area contributed by atoms with Gasteiger partial charge >= 0.3 is 0 Å². The molecule has 0 radical (unpaired) electrons. The van der Waals surface area contributed by atoms with E-state index in [4.69, 9.17) is 0 Å². The Balaban J connectivity index is 3.20. The highest BCUT2D eigenvalue weighted by atomic mass is 16.3. The monoisotopic (exact) mass is 216 g/mol. The van der Waals surface area contributed by atoms with Gasteiger partial charge in [-0.15, -0.1) is 0 Å². The summed E-state index contributed by atoms with van der Waals surface area (Å²) < 4.78 is 0. The van der Waals surface area contributed by atoms with Crippen molar-refractivity contribution in [1.29, 1.82) is 0 Å². The molecule has 0 amide bonds. The minimum Gasteiger partial charge on any atom is -0.393 e. The zero-order valence-corrected chi connectivity index (χ0v) is 10.4. The van der Waals surface area contributed by atoms with Gasteiger partial charge in [0.2, 0.25) is 0 Å².